The van der Waals surface area contributed by atoms with Crippen molar-refractivity contribution < 1.29 is 24.0 Å². The molecule has 0 aliphatic carbocycles. The smallest absolute Gasteiger partial charge is 0.366 e. The zero-order valence-corrected chi connectivity index (χ0v) is 7.76. The van der Waals surface area contributed by atoms with Crippen molar-refractivity contribution in [1.82, 2.24) is 10.3 Å². The molecule has 0 bridgehead atoms. The number of aromatic nitrogens is 2. The summed E-state index contributed by atoms with van der Waals surface area (Å²) in [6.07, 6.45) is -0.277. The van der Waals surface area contributed by atoms with Crippen LogP contribution in [0.5, 0.6) is 5.88 Å². The van der Waals surface area contributed by atoms with Crippen LogP contribution in [0.1, 0.15) is 24.3 Å². The molecule has 0 unspecified atom stereocenters. The van der Waals surface area contributed by atoms with Crippen molar-refractivity contribution >= 4 is 5.97 Å². The van der Waals surface area contributed by atoms with Crippen molar-refractivity contribution in [3.8, 4) is 5.88 Å². The Labute approximate surface area is 79.6 Å². The number of ether oxygens (including phenoxy) is 2. The lowest BCUT2D eigenvalue weighted by atomic mass is 10.4. The molecular formula is C7H10N2O5. The van der Waals surface area contributed by atoms with Crippen molar-refractivity contribution in [3.63, 3.8) is 0 Å². The summed E-state index contributed by atoms with van der Waals surface area (Å²) in [4.78, 5) is 11.3. The van der Waals surface area contributed by atoms with Gasteiger partial charge in [-0.05, 0) is 24.2 Å². The van der Waals surface area contributed by atoms with Gasteiger partial charge >= 0.3 is 5.97 Å². The van der Waals surface area contributed by atoms with Crippen LogP contribution < -0.4 is 4.74 Å². The molecule has 7 nitrogen and oxygen atoms in total. The van der Waals surface area contributed by atoms with Gasteiger partial charge in [0.2, 0.25) is 0 Å². The van der Waals surface area contributed by atoms with Crippen molar-refractivity contribution in [2.24, 2.45) is 0 Å². The maximum Gasteiger partial charge on any atom is 0.366 e. The minimum absolute atomic E-state index is 0.182. The summed E-state index contributed by atoms with van der Waals surface area (Å²) in [6.45, 7) is 2.77. The predicted molar refractivity (Wildman–Crippen MR) is 42.6 cm³/mol. The van der Waals surface area contributed by atoms with Crippen LogP contribution in [0.15, 0.2) is 4.63 Å². The quantitative estimate of drug-likeness (QED) is 0.540. The third kappa shape index (κ3) is 2.43. The van der Waals surface area contributed by atoms with Crippen LogP contribution in [0.3, 0.4) is 0 Å². The third-order valence-electron chi connectivity index (χ3n) is 1.20. The molecule has 1 rings (SSSR count). The number of aliphatic hydroxyl groups excluding tert-OH is 1. The average Bonchev–Trinajstić information content (AvgIpc) is 2.51. The molecule has 0 aliphatic heterocycles. The zero-order valence-electron chi connectivity index (χ0n) is 7.76. The van der Waals surface area contributed by atoms with E-state index in [1.54, 1.807) is 13.8 Å². The second-order valence-electron chi connectivity index (χ2n) is 2.65. The van der Waals surface area contributed by atoms with E-state index in [9.17, 15) is 4.79 Å². The molecule has 14 heavy (non-hydrogen) atoms. The van der Waals surface area contributed by atoms with Crippen LogP contribution in [-0.2, 0) is 4.74 Å². The second-order valence-corrected chi connectivity index (χ2v) is 2.65. The van der Waals surface area contributed by atoms with Gasteiger partial charge in [0.15, 0.2) is 6.79 Å². The topological polar surface area (TPSA) is 94.7 Å². The Hall–Kier alpha value is -1.63. The maximum absolute atomic E-state index is 11.3. The minimum atomic E-state index is -0.704. The Morgan fingerprint density at radius 2 is 2.29 bits per heavy atom. The van der Waals surface area contributed by atoms with E-state index in [0.29, 0.717) is 0 Å². The van der Waals surface area contributed by atoms with Crippen molar-refractivity contribution in [1.29, 1.82) is 0 Å². The molecule has 0 atom stereocenters. The number of carbonyl (C=O) groups is 1. The number of nitrogens with zero attached hydrogens (tertiary/aromatic N) is 2. The van der Waals surface area contributed by atoms with E-state index in [-0.39, 0.29) is 17.7 Å². The van der Waals surface area contributed by atoms with Gasteiger partial charge in [-0.2, -0.15) is 0 Å². The first-order valence-corrected chi connectivity index (χ1v) is 3.92. The van der Waals surface area contributed by atoms with Gasteiger partial charge in [0.1, 0.15) is 0 Å². The summed E-state index contributed by atoms with van der Waals surface area (Å²) >= 11 is 0. The molecule has 1 heterocycles. The van der Waals surface area contributed by atoms with Gasteiger partial charge in [0.25, 0.3) is 11.6 Å². The van der Waals surface area contributed by atoms with Gasteiger partial charge in [-0.3, -0.25) is 0 Å². The number of esters is 1. The molecule has 1 N–H and O–H groups in total. The number of rotatable bonds is 4. The minimum Gasteiger partial charge on any atom is -0.458 e. The summed E-state index contributed by atoms with van der Waals surface area (Å²) in [5.41, 5.74) is -0.187. The molecule has 0 aliphatic rings. The fourth-order valence-corrected chi connectivity index (χ4v) is 0.731. The molecule has 1 aromatic rings. The first kappa shape index (κ1) is 10.5. The lowest BCUT2D eigenvalue weighted by Crippen LogP contribution is -2.13. The van der Waals surface area contributed by atoms with Gasteiger partial charge in [-0.15, -0.1) is 0 Å². The van der Waals surface area contributed by atoms with Crippen LogP contribution in [0.4, 0.5) is 0 Å². The first-order chi connectivity index (χ1) is 6.65. The van der Waals surface area contributed by atoms with Gasteiger partial charge in [0.05, 0.1) is 6.10 Å². The molecule has 0 saturated carbocycles. The highest BCUT2D eigenvalue weighted by Gasteiger charge is 2.21. The summed E-state index contributed by atoms with van der Waals surface area (Å²) < 4.78 is 13.6. The monoisotopic (exact) mass is 202 g/mol. The van der Waals surface area contributed by atoms with Crippen molar-refractivity contribution in [2.45, 2.75) is 20.0 Å². The van der Waals surface area contributed by atoms with Crippen LogP contribution in [-0.4, -0.2) is 34.3 Å². The van der Waals surface area contributed by atoms with Crippen molar-refractivity contribution in [3.05, 3.63) is 5.69 Å². The van der Waals surface area contributed by atoms with Gasteiger partial charge < -0.3 is 14.6 Å². The molecule has 0 fully saturated rings. The molecule has 0 radical (unpaired) electrons. The number of aliphatic hydroxyl groups is 1. The largest absolute Gasteiger partial charge is 0.458 e. The van der Waals surface area contributed by atoms with E-state index in [2.05, 4.69) is 19.7 Å². The van der Waals surface area contributed by atoms with Gasteiger partial charge in [-0.1, -0.05) is 0 Å². The lowest BCUT2D eigenvalue weighted by Gasteiger charge is -2.05. The number of hydrogen-bond donors (Lipinski definition) is 1. The highest BCUT2D eigenvalue weighted by atomic mass is 16.6. The van der Waals surface area contributed by atoms with Crippen LogP contribution >= 0.6 is 0 Å². The van der Waals surface area contributed by atoms with E-state index in [1.807, 2.05) is 0 Å². The van der Waals surface area contributed by atoms with Crippen LogP contribution in [0.25, 0.3) is 0 Å². The average molecular weight is 202 g/mol. The van der Waals surface area contributed by atoms with Gasteiger partial charge in [0, 0.05) is 0 Å². The molecule has 1 aromatic heterocycles. The lowest BCUT2D eigenvalue weighted by molar-refractivity contribution is 0.0355. The van der Waals surface area contributed by atoms with E-state index >= 15 is 0 Å². The predicted octanol–water partition coefficient (Wildman–Crippen LogP) is -0.0366. The standard InChI is InChI=1S/C7H10N2O5/c1-4(2)13-7(11)5-6(12-3-10)9-14-8-5/h4,10H,3H2,1-2H3. The summed E-state index contributed by atoms with van der Waals surface area (Å²) in [5, 5.41) is 15.0. The Morgan fingerprint density at radius 1 is 1.57 bits per heavy atom. The zero-order chi connectivity index (χ0) is 10.6. The molecule has 7 heteroatoms. The molecule has 78 valence electrons. The fraction of sp³-hybridized carbons (Fsp3) is 0.571. The SMILES string of the molecule is CC(C)OC(=O)c1nonc1OCO. The number of hydrogen-bond acceptors (Lipinski definition) is 7. The first-order valence-electron chi connectivity index (χ1n) is 3.92. The number of carbonyl (C=O) groups excluding carboxylic acids is 1. The van der Waals surface area contributed by atoms with Crippen LogP contribution in [0, 0.1) is 0 Å². The fourth-order valence-electron chi connectivity index (χ4n) is 0.731. The van der Waals surface area contributed by atoms with Crippen molar-refractivity contribution in [2.75, 3.05) is 6.79 Å². The van der Waals surface area contributed by atoms with E-state index in [4.69, 9.17) is 9.84 Å². The molecule has 0 amide bonds. The molecular weight excluding hydrogens is 192 g/mol. The summed E-state index contributed by atoms with van der Waals surface area (Å²) in [7, 11) is 0. The molecule has 0 aromatic carbocycles. The summed E-state index contributed by atoms with van der Waals surface area (Å²) in [5.74, 6) is -0.886. The maximum atomic E-state index is 11.3. The van der Waals surface area contributed by atoms with E-state index < -0.39 is 12.8 Å². The molecule has 0 saturated heterocycles. The molecule has 0 spiro atoms. The highest BCUT2D eigenvalue weighted by molar-refractivity contribution is 5.89. The highest BCUT2D eigenvalue weighted by Crippen LogP contribution is 2.13. The Bertz CT molecular complexity index is 309. The normalized spacial score (nSPS) is 10.3. The summed E-state index contributed by atoms with van der Waals surface area (Å²) in [6, 6.07) is 0. The Kier molecular flexibility index (Phi) is 3.41. The van der Waals surface area contributed by atoms with E-state index in [0.717, 1.165) is 0 Å². The third-order valence-corrected chi connectivity index (χ3v) is 1.20. The Balaban J connectivity index is 2.73. The van der Waals surface area contributed by atoms with Gasteiger partial charge in [-0.25, -0.2) is 9.42 Å². The Morgan fingerprint density at radius 3 is 2.86 bits per heavy atom. The van der Waals surface area contributed by atoms with Crippen LogP contribution in [0.2, 0.25) is 0 Å². The second kappa shape index (κ2) is 4.56. The van der Waals surface area contributed by atoms with E-state index in [1.165, 1.54) is 0 Å².